The minimum absolute atomic E-state index is 0.133. The number of ether oxygens (including phenoxy) is 2. The number of anilines is 1. The Labute approximate surface area is 186 Å². The number of rotatable bonds is 3. The Balaban J connectivity index is 1.67. The van der Waals surface area contributed by atoms with Crippen molar-refractivity contribution in [3.05, 3.63) is 30.6 Å². The number of carbonyl (C=O) groups excluding carboxylic acids is 1. The maximum absolute atomic E-state index is 13.0. The van der Waals surface area contributed by atoms with Crippen molar-refractivity contribution in [3.8, 4) is 11.1 Å². The van der Waals surface area contributed by atoms with Gasteiger partial charge >= 0.3 is 12.2 Å². The van der Waals surface area contributed by atoms with Crippen molar-refractivity contribution in [2.75, 3.05) is 31.8 Å². The molecule has 0 radical (unpaired) electrons. The van der Waals surface area contributed by atoms with Crippen LogP contribution in [-0.2, 0) is 9.47 Å². The van der Waals surface area contributed by atoms with E-state index in [9.17, 15) is 14.7 Å². The zero-order valence-electron chi connectivity index (χ0n) is 18.4. The first-order valence-corrected chi connectivity index (χ1v) is 11.2. The van der Waals surface area contributed by atoms with Gasteiger partial charge in [0, 0.05) is 30.7 Å². The highest BCUT2D eigenvalue weighted by molar-refractivity contribution is 5.99. The monoisotopic (exact) mass is 441 g/mol. The van der Waals surface area contributed by atoms with E-state index in [-0.39, 0.29) is 23.1 Å². The van der Waals surface area contributed by atoms with Crippen LogP contribution in [-0.4, -0.2) is 66.0 Å². The van der Waals surface area contributed by atoms with Gasteiger partial charge in [-0.3, -0.25) is 9.58 Å². The molecule has 9 nitrogen and oxygen atoms in total. The van der Waals surface area contributed by atoms with Gasteiger partial charge in [-0.2, -0.15) is 14.4 Å². The number of methoxy groups -OCH3 is 1. The standard InChI is InChI=1S/C23H28N4O5/c1-15-14-27(23(29)30,19-7-9-32-10-8-19)21-11-16(3-6-20(21)26(15)22(28)31-2)17-12-24-25(13-17)18-4-5-18/h3,6,11-13,15,18-19H,4-5,7-10,14H2,1-2H3/p+1/t15-,27?/m0/s1. The maximum Gasteiger partial charge on any atom is 0.519 e. The highest BCUT2D eigenvalue weighted by Gasteiger charge is 2.55. The van der Waals surface area contributed by atoms with Crippen molar-refractivity contribution in [2.24, 2.45) is 0 Å². The number of nitrogens with zero attached hydrogens (tertiary/aromatic N) is 4. The van der Waals surface area contributed by atoms with Crippen LogP contribution in [0, 0.1) is 0 Å². The summed E-state index contributed by atoms with van der Waals surface area (Å²) in [6.45, 7) is 3.22. The predicted molar refractivity (Wildman–Crippen MR) is 119 cm³/mol. The molecule has 1 N–H and O–H groups in total. The molecule has 9 heteroatoms. The molecule has 1 aromatic carbocycles. The molecular weight excluding hydrogens is 412 g/mol. The van der Waals surface area contributed by atoms with Gasteiger partial charge in [0.2, 0.25) is 0 Å². The number of aromatic nitrogens is 2. The molecule has 0 bridgehead atoms. The number of hydrogen-bond donors (Lipinski definition) is 1. The van der Waals surface area contributed by atoms with Gasteiger partial charge in [0.15, 0.2) is 5.69 Å². The minimum Gasteiger partial charge on any atom is -0.452 e. The van der Waals surface area contributed by atoms with Gasteiger partial charge in [-0.15, -0.1) is 0 Å². The number of quaternary nitrogens is 1. The van der Waals surface area contributed by atoms with Crippen LogP contribution in [0.2, 0.25) is 0 Å². The smallest absolute Gasteiger partial charge is 0.452 e. The topological polar surface area (TPSA) is 93.9 Å². The predicted octanol–water partition coefficient (Wildman–Crippen LogP) is 4.02. The van der Waals surface area contributed by atoms with Crippen LogP contribution in [0.25, 0.3) is 11.1 Å². The lowest BCUT2D eigenvalue weighted by atomic mass is 9.95. The van der Waals surface area contributed by atoms with Crippen LogP contribution in [0.4, 0.5) is 21.0 Å². The Morgan fingerprint density at radius 3 is 2.59 bits per heavy atom. The minimum atomic E-state index is -0.902. The third-order valence-corrected chi connectivity index (χ3v) is 7.04. The van der Waals surface area contributed by atoms with Crippen LogP contribution in [0.3, 0.4) is 0 Å². The highest BCUT2D eigenvalue weighted by atomic mass is 16.5. The second-order valence-electron chi connectivity index (χ2n) is 9.01. The lowest BCUT2D eigenvalue weighted by Gasteiger charge is -2.48. The van der Waals surface area contributed by atoms with Crippen LogP contribution >= 0.6 is 0 Å². The summed E-state index contributed by atoms with van der Waals surface area (Å²) in [5.74, 6) is 0. The van der Waals surface area contributed by atoms with Crippen LogP contribution in [0.1, 0.15) is 38.6 Å². The summed E-state index contributed by atoms with van der Waals surface area (Å²) in [4.78, 5) is 27.2. The fourth-order valence-electron chi connectivity index (χ4n) is 5.27. The molecule has 1 unspecified atom stereocenters. The van der Waals surface area contributed by atoms with Crippen molar-refractivity contribution in [1.82, 2.24) is 14.3 Å². The van der Waals surface area contributed by atoms with E-state index < -0.39 is 12.2 Å². The zero-order valence-corrected chi connectivity index (χ0v) is 18.4. The first-order chi connectivity index (χ1) is 15.5. The lowest BCUT2D eigenvalue weighted by Crippen LogP contribution is -2.69. The first kappa shape index (κ1) is 21.0. The molecule has 2 aromatic rings. The Morgan fingerprint density at radius 2 is 1.94 bits per heavy atom. The van der Waals surface area contributed by atoms with Crippen LogP contribution in [0.15, 0.2) is 30.6 Å². The molecule has 2 amide bonds. The highest BCUT2D eigenvalue weighted by Crippen LogP contribution is 2.46. The van der Waals surface area contributed by atoms with Crippen LogP contribution in [0.5, 0.6) is 0 Å². The third kappa shape index (κ3) is 3.27. The molecule has 2 fully saturated rings. The lowest BCUT2D eigenvalue weighted by molar-refractivity contribution is 0.0344. The van der Waals surface area contributed by atoms with Gasteiger partial charge < -0.3 is 14.6 Å². The Kier molecular flexibility index (Phi) is 5.17. The van der Waals surface area contributed by atoms with Gasteiger partial charge in [-0.25, -0.2) is 4.79 Å². The van der Waals surface area contributed by atoms with Crippen molar-refractivity contribution in [3.63, 3.8) is 0 Å². The number of benzene rings is 1. The second-order valence-corrected chi connectivity index (χ2v) is 9.01. The van der Waals surface area contributed by atoms with E-state index in [1.54, 1.807) is 4.90 Å². The van der Waals surface area contributed by atoms with E-state index in [0.717, 1.165) is 24.0 Å². The van der Waals surface area contributed by atoms with Crippen molar-refractivity contribution in [2.45, 2.75) is 50.7 Å². The number of carboxylic acid groups (broad SMARTS) is 1. The molecule has 1 saturated heterocycles. The van der Waals surface area contributed by atoms with Gasteiger partial charge in [-0.1, -0.05) is 6.07 Å². The van der Waals surface area contributed by atoms with Gasteiger partial charge in [-0.05, 0) is 31.4 Å². The normalized spacial score (nSPS) is 25.9. The fraction of sp³-hybridized carbons (Fsp3) is 0.522. The largest absolute Gasteiger partial charge is 0.519 e. The summed E-state index contributed by atoms with van der Waals surface area (Å²) in [5.41, 5.74) is 3.04. The number of fused-ring (bicyclic) bond motifs is 1. The SMILES string of the molecule is COC(=O)N1c2ccc(-c3cnn(C4CC4)c3)cc2[N+](C(=O)O)(C2CCOCC2)C[C@@H]1C. The summed E-state index contributed by atoms with van der Waals surface area (Å²) < 4.78 is 12.3. The molecule has 1 aliphatic carbocycles. The molecule has 3 aliphatic rings. The average Bonchev–Trinajstić information content (AvgIpc) is 3.54. The van der Waals surface area contributed by atoms with Gasteiger partial charge in [0.05, 0.1) is 38.6 Å². The third-order valence-electron chi connectivity index (χ3n) is 7.04. The molecular formula is C23H29N4O5+. The molecule has 1 saturated carbocycles. The van der Waals surface area contributed by atoms with E-state index in [0.29, 0.717) is 43.5 Å². The van der Waals surface area contributed by atoms with E-state index in [1.165, 1.54) is 7.11 Å². The molecule has 0 spiro atoms. The van der Waals surface area contributed by atoms with Gasteiger partial charge in [0.25, 0.3) is 0 Å². The second kappa shape index (κ2) is 7.90. The summed E-state index contributed by atoms with van der Waals surface area (Å²) >= 11 is 0. The average molecular weight is 442 g/mol. The quantitative estimate of drug-likeness (QED) is 0.723. The Hall–Kier alpha value is -2.91. The summed E-state index contributed by atoms with van der Waals surface area (Å²) in [6, 6.07) is 5.70. The summed E-state index contributed by atoms with van der Waals surface area (Å²) in [5, 5.41) is 15.1. The Morgan fingerprint density at radius 1 is 1.19 bits per heavy atom. The summed E-state index contributed by atoms with van der Waals surface area (Å²) in [7, 11) is 1.35. The molecule has 2 aliphatic heterocycles. The molecule has 170 valence electrons. The first-order valence-electron chi connectivity index (χ1n) is 11.2. The zero-order chi connectivity index (χ0) is 22.5. The van der Waals surface area contributed by atoms with E-state index in [4.69, 9.17) is 9.47 Å². The molecule has 1 aromatic heterocycles. The molecule has 5 rings (SSSR count). The maximum atomic E-state index is 13.0. The number of amides is 2. The fourth-order valence-corrected chi connectivity index (χ4v) is 5.27. The van der Waals surface area contributed by atoms with Crippen molar-refractivity contribution >= 4 is 23.6 Å². The summed E-state index contributed by atoms with van der Waals surface area (Å²) in [6.07, 6.45) is 6.05. The van der Waals surface area contributed by atoms with Crippen molar-refractivity contribution < 1.29 is 24.2 Å². The van der Waals surface area contributed by atoms with Gasteiger partial charge in [0.1, 0.15) is 18.3 Å². The molecule has 32 heavy (non-hydrogen) atoms. The van der Waals surface area contributed by atoms with Crippen LogP contribution < -0.4 is 9.38 Å². The van der Waals surface area contributed by atoms with E-state index in [2.05, 4.69) is 5.10 Å². The van der Waals surface area contributed by atoms with E-state index in [1.807, 2.05) is 42.2 Å². The van der Waals surface area contributed by atoms with E-state index >= 15 is 0 Å². The molecule has 3 heterocycles. The Bertz CT molecular complexity index is 1040. The number of hydrogen-bond acceptors (Lipinski definition) is 5. The van der Waals surface area contributed by atoms with Crippen molar-refractivity contribution in [1.29, 1.82) is 0 Å². The number of carbonyl (C=O) groups is 2. The molecule has 2 atom stereocenters.